The van der Waals surface area contributed by atoms with E-state index in [0.29, 0.717) is 22.1 Å². The monoisotopic (exact) mass is 390 g/mol. The van der Waals surface area contributed by atoms with Crippen molar-refractivity contribution in [3.63, 3.8) is 0 Å². The third kappa shape index (κ3) is 3.44. The summed E-state index contributed by atoms with van der Waals surface area (Å²) in [5.74, 6) is 0.854. The fourth-order valence-corrected chi connectivity index (χ4v) is 5.22. The highest BCUT2D eigenvalue weighted by atomic mass is 32.2. The predicted octanol–water partition coefficient (Wildman–Crippen LogP) is 3.37. The summed E-state index contributed by atoms with van der Waals surface area (Å²) in [7, 11) is 0. The number of hydrogen-bond acceptors (Lipinski definition) is 7. The summed E-state index contributed by atoms with van der Waals surface area (Å²) in [6, 6.07) is 1.77. The van der Waals surface area contributed by atoms with Crippen molar-refractivity contribution in [1.29, 1.82) is 5.26 Å². The number of nitrogens with one attached hydrogen (secondary N) is 1. The highest BCUT2D eigenvalue weighted by Gasteiger charge is 2.27. The molecule has 1 aliphatic rings. The van der Waals surface area contributed by atoms with Gasteiger partial charge in [0.1, 0.15) is 17.1 Å². The summed E-state index contributed by atoms with van der Waals surface area (Å²) >= 11 is 3.03. The lowest BCUT2D eigenvalue weighted by Crippen LogP contribution is -2.27. The van der Waals surface area contributed by atoms with Crippen LogP contribution in [-0.4, -0.2) is 26.4 Å². The lowest BCUT2D eigenvalue weighted by molar-refractivity contribution is -0.119. The highest BCUT2D eigenvalue weighted by Crippen LogP contribution is 2.38. The molecule has 0 aliphatic heterocycles. The van der Waals surface area contributed by atoms with E-state index in [0.717, 1.165) is 37.0 Å². The van der Waals surface area contributed by atoms with E-state index in [9.17, 15) is 10.1 Å². The lowest BCUT2D eigenvalue weighted by atomic mass is 9.96. The Morgan fingerprint density at radius 1 is 1.42 bits per heavy atom. The van der Waals surface area contributed by atoms with E-state index >= 15 is 0 Å². The number of carbonyl (C=O) groups excluding carboxylic acids is 1. The van der Waals surface area contributed by atoms with E-state index in [1.165, 1.54) is 28.0 Å². The number of nitrogens with two attached hydrogens (primary N) is 1. The molecule has 2 aromatic heterocycles. The Kier molecular flexibility index (Phi) is 5.84. The molecule has 2 heterocycles. The van der Waals surface area contributed by atoms with Crippen LogP contribution in [0.5, 0.6) is 0 Å². The van der Waals surface area contributed by atoms with Gasteiger partial charge in [0.05, 0.1) is 5.56 Å². The summed E-state index contributed by atoms with van der Waals surface area (Å²) in [4.78, 5) is 14.2. The topological polar surface area (TPSA) is 110 Å². The first-order chi connectivity index (χ1) is 12.6. The average molecular weight is 391 g/mol. The van der Waals surface area contributed by atoms with Crippen molar-refractivity contribution in [3.05, 3.63) is 16.0 Å². The van der Waals surface area contributed by atoms with Crippen molar-refractivity contribution in [2.75, 3.05) is 16.8 Å². The molecule has 0 saturated carbocycles. The fourth-order valence-electron chi connectivity index (χ4n) is 3.26. The van der Waals surface area contributed by atoms with Crippen LogP contribution >= 0.6 is 23.1 Å². The molecule has 2 aromatic rings. The maximum Gasteiger partial charge on any atom is 0.248 e. The van der Waals surface area contributed by atoms with Crippen molar-refractivity contribution in [1.82, 2.24) is 14.8 Å². The smallest absolute Gasteiger partial charge is 0.248 e. The number of nitrogen functional groups attached to an aromatic ring is 1. The van der Waals surface area contributed by atoms with Crippen LogP contribution in [0.1, 0.15) is 55.2 Å². The normalized spacial score (nSPS) is 14.5. The molecule has 0 fully saturated rings. The van der Waals surface area contributed by atoms with E-state index in [-0.39, 0.29) is 11.9 Å². The molecule has 3 N–H and O–H groups in total. The van der Waals surface area contributed by atoms with Gasteiger partial charge in [-0.2, -0.15) is 5.26 Å². The molecular weight excluding hydrogens is 368 g/mol. The number of thiophene rings is 1. The predicted molar refractivity (Wildman–Crippen MR) is 104 cm³/mol. The number of rotatable bonds is 6. The van der Waals surface area contributed by atoms with Crippen LogP contribution in [0, 0.1) is 11.3 Å². The number of nitriles is 1. The zero-order valence-electron chi connectivity index (χ0n) is 14.9. The van der Waals surface area contributed by atoms with Crippen molar-refractivity contribution in [2.45, 2.75) is 57.1 Å². The summed E-state index contributed by atoms with van der Waals surface area (Å²) in [5, 5.41) is 21.8. The Balaban J connectivity index is 1.89. The number of thioether (sulfide) groups is 1. The van der Waals surface area contributed by atoms with Crippen LogP contribution in [0.3, 0.4) is 0 Å². The van der Waals surface area contributed by atoms with E-state index < -0.39 is 6.04 Å². The number of carbonyl (C=O) groups is 1. The molecule has 3 rings (SSSR count). The van der Waals surface area contributed by atoms with Crippen LogP contribution in [0.15, 0.2) is 5.16 Å². The minimum atomic E-state index is -0.510. The molecule has 1 aliphatic carbocycles. The van der Waals surface area contributed by atoms with Gasteiger partial charge in [0, 0.05) is 4.88 Å². The third-order valence-electron chi connectivity index (χ3n) is 4.49. The fraction of sp³-hybridized carbons (Fsp3) is 0.529. The van der Waals surface area contributed by atoms with Gasteiger partial charge in [0.25, 0.3) is 0 Å². The molecule has 0 spiro atoms. The average Bonchev–Trinajstić information content (AvgIpc) is 3.17. The lowest BCUT2D eigenvalue weighted by Gasteiger charge is -2.18. The van der Waals surface area contributed by atoms with Crippen molar-refractivity contribution >= 4 is 40.0 Å². The molecule has 0 saturated heterocycles. The molecule has 1 atom stereocenters. The number of fused-ring (bicyclic) bond motifs is 1. The Labute approximate surface area is 161 Å². The Morgan fingerprint density at radius 3 is 2.88 bits per heavy atom. The molecule has 0 aromatic carbocycles. The molecule has 7 nitrogen and oxygen atoms in total. The van der Waals surface area contributed by atoms with Gasteiger partial charge in [-0.25, -0.2) is 0 Å². The van der Waals surface area contributed by atoms with E-state index in [4.69, 9.17) is 5.73 Å². The quantitative estimate of drug-likeness (QED) is 0.732. The van der Waals surface area contributed by atoms with Gasteiger partial charge >= 0.3 is 0 Å². The number of anilines is 2. The molecule has 138 valence electrons. The molecule has 0 radical (unpaired) electrons. The number of amides is 1. The maximum absolute atomic E-state index is 13.0. The number of hydrogen-bond donors (Lipinski definition) is 2. The molecule has 0 bridgehead atoms. The Hall–Kier alpha value is -2.05. The van der Waals surface area contributed by atoms with Crippen LogP contribution in [-0.2, 0) is 17.6 Å². The number of nitrogens with zero attached hydrogens (tertiary/aromatic N) is 4. The zero-order chi connectivity index (χ0) is 18.7. The molecule has 26 heavy (non-hydrogen) atoms. The van der Waals surface area contributed by atoms with Crippen LogP contribution < -0.4 is 11.1 Å². The van der Waals surface area contributed by atoms with Gasteiger partial charge in [0.2, 0.25) is 11.9 Å². The van der Waals surface area contributed by atoms with Gasteiger partial charge < -0.3 is 11.1 Å². The first-order valence-corrected chi connectivity index (χ1v) is 10.6. The largest absolute Gasteiger partial charge is 0.368 e. The maximum atomic E-state index is 13.0. The van der Waals surface area contributed by atoms with Crippen LogP contribution in [0.4, 0.5) is 10.9 Å². The Morgan fingerprint density at radius 2 is 2.19 bits per heavy atom. The first-order valence-electron chi connectivity index (χ1n) is 8.79. The SMILES string of the molecule is CCSc1nnc(N)n1C(CC)C(=O)Nc1sc2c(c1C#N)CCCC2. The number of aryl methyl sites for hydroxylation is 1. The number of aromatic nitrogens is 3. The third-order valence-corrected chi connectivity index (χ3v) is 6.52. The van der Waals surface area contributed by atoms with E-state index in [1.807, 2.05) is 13.8 Å². The van der Waals surface area contributed by atoms with Gasteiger partial charge in [0.15, 0.2) is 5.16 Å². The second-order valence-electron chi connectivity index (χ2n) is 6.08. The van der Waals surface area contributed by atoms with E-state index in [2.05, 4.69) is 21.6 Å². The summed E-state index contributed by atoms with van der Waals surface area (Å²) in [6.45, 7) is 3.94. The van der Waals surface area contributed by atoms with Crippen molar-refractivity contribution < 1.29 is 4.79 Å². The summed E-state index contributed by atoms with van der Waals surface area (Å²) in [5.41, 5.74) is 7.69. The van der Waals surface area contributed by atoms with Crippen LogP contribution in [0.25, 0.3) is 0 Å². The standard InChI is InChI=1S/C17H22N6OS2/c1-3-12(23-16(19)21-22-17(23)25-4-2)14(24)20-15-11(9-18)10-7-5-6-8-13(10)26-15/h12H,3-8H2,1-2H3,(H2,19,21)(H,20,24). The van der Waals surface area contributed by atoms with E-state index in [1.54, 1.807) is 4.57 Å². The Bertz CT molecular complexity index is 850. The molecule has 1 amide bonds. The van der Waals surface area contributed by atoms with Crippen molar-refractivity contribution in [2.24, 2.45) is 0 Å². The van der Waals surface area contributed by atoms with Crippen LogP contribution in [0.2, 0.25) is 0 Å². The zero-order valence-corrected chi connectivity index (χ0v) is 16.5. The summed E-state index contributed by atoms with van der Waals surface area (Å²) < 4.78 is 1.68. The highest BCUT2D eigenvalue weighted by molar-refractivity contribution is 7.99. The molecular formula is C17H22N6OS2. The van der Waals surface area contributed by atoms with Gasteiger partial charge in [-0.1, -0.05) is 25.6 Å². The second-order valence-corrected chi connectivity index (χ2v) is 8.42. The van der Waals surface area contributed by atoms with Crippen molar-refractivity contribution in [3.8, 4) is 6.07 Å². The minimum absolute atomic E-state index is 0.188. The summed E-state index contributed by atoms with van der Waals surface area (Å²) in [6.07, 6.45) is 4.68. The van der Waals surface area contributed by atoms with Gasteiger partial charge in [-0.15, -0.1) is 21.5 Å². The second kappa shape index (κ2) is 8.10. The van der Waals surface area contributed by atoms with Gasteiger partial charge in [-0.05, 0) is 43.4 Å². The molecule has 9 heteroatoms. The molecule has 1 unspecified atom stereocenters. The minimum Gasteiger partial charge on any atom is -0.368 e. The van der Waals surface area contributed by atoms with Gasteiger partial charge in [-0.3, -0.25) is 9.36 Å². The first kappa shape index (κ1) is 18.7.